The predicted octanol–water partition coefficient (Wildman–Crippen LogP) is 1.67. The molecule has 1 fully saturated rings. The van der Waals surface area contributed by atoms with Gasteiger partial charge in [0.1, 0.15) is 0 Å². The van der Waals surface area contributed by atoms with Crippen LogP contribution >= 0.6 is 0 Å². The molecule has 1 aliphatic rings. The zero-order valence-corrected chi connectivity index (χ0v) is 10.7. The Kier molecular flexibility index (Phi) is 4.31. The number of carbonyl (C=O) groups is 1. The number of aliphatic hydroxyl groups excluding tert-OH is 1. The van der Waals surface area contributed by atoms with Gasteiger partial charge in [0, 0.05) is 24.4 Å². The molecule has 0 radical (unpaired) electrons. The molecule has 4 heteroatoms. The Morgan fingerprint density at radius 1 is 1.50 bits per heavy atom. The van der Waals surface area contributed by atoms with Gasteiger partial charge in [0.2, 0.25) is 0 Å². The standard InChI is InChI=1S/C14H20N2O2/c1-10-12(6-4-8-15-10)14(18)16-9-11-5-2-3-7-13(11)17/h4,6,8,11,13,17H,2-3,5,7,9H2,1H3,(H,16,18). The van der Waals surface area contributed by atoms with Crippen LogP contribution in [0.15, 0.2) is 18.3 Å². The van der Waals surface area contributed by atoms with Gasteiger partial charge in [-0.15, -0.1) is 0 Å². The number of nitrogens with one attached hydrogen (secondary N) is 1. The van der Waals surface area contributed by atoms with Crippen LogP contribution in [0, 0.1) is 12.8 Å². The number of aryl methyl sites for hydroxylation is 1. The minimum atomic E-state index is -0.269. The summed E-state index contributed by atoms with van der Waals surface area (Å²) in [5.41, 5.74) is 1.35. The van der Waals surface area contributed by atoms with Crippen molar-refractivity contribution in [3.8, 4) is 0 Å². The van der Waals surface area contributed by atoms with Crippen molar-refractivity contribution in [3.63, 3.8) is 0 Å². The van der Waals surface area contributed by atoms with Gasteiger partial charge in [0.25, 0.3) is 5.91 Å². The van der Waals surface area contributed by atoms with E-state index in [0.717, 1.165) is 31.4 Å². The number of hydrogen-bond donors (Lipinski definition) is 2. The fraction of sp³-hybridized carbons (Fsp3) is 0.571. The maximum Gasteiger partial charge on any atom is 0.253 e. The summed E-state index contributed by atoms with van der Waals surface area (Å²) >= 11 is 0. The molecule has 0 aromatic carbocycles. The summed E-state index contributed by atoms with van der Waals surface area (Å²) in [6.45, 7) is 2.37. The first-order chi connectivity index (χ1) is 8.68. The largest absolute Gasteiger partial charge is 0.393 e. The maximum atomic E-state index is 12.0. The van der Waals surface area contributed by atoms with Gasteiger partial charge in [-0.3, -0.25) is 9.78 Å². The lowest BCUT2D eigenvalue weighted by Gasteiger charge is -2.27. The van der Waals surface area contributed by atoms with Gasteiger partial charge in [-0.2, -0.15) is 0 Å². The van der Waals surface area contributed by atoms with Crippen LogP contribution in [0.25, 0.3) is 0 Å². The predicted molar refractivity (Wildman–Crippen MR) is 69.3 cm³/mol. The molecule has 1 saturated carbocycles. The fourth-order valence-electron chi connectivity index (χ4n) is 2.47. The van der Waals surface area contributed by atoms with E-state index in [1.807, 2.05) is 6.92 Å². The second-order valence-corrected chi connectivity index (χ2v) is 4.96. The molecule has 2 N–H and O–H groups in total. The van der Waals surface area contributed by atoms with Crippen LogP contribution < -0.4 is 5.32 Å². The van der Waals surface area contributed by atoms with Crippen molar-refractivity contribution in [2.45, 2.75) is 38.7 Å². The number of aliphatic hydroxyl groups is 1. The highest BCUT2D eigenvalue weighted by atomic mass is 16.3. The molecule has 0 saturated heterocycles. The van der Waals surface area contributed by atoms with E-state index in [0.29, 0.717) is 12.1 Å². The minimum absolute atomic E-state index is 0.0987. The first kappa shape index (κ1) is 13.0. The Labute approximate surface area is 107 Å². The van der Waals surface area contributed by atoms with E-state index in [4.69, 9.17) is 0 Å². The topological polar surface area (TPSA) is 62.2 Å². The van der Waals surface area contributed by atoms with E-state index in [2.05, 4.69) is 10.3 Å². The van der Waals surface area contributed by atoms with Crippen molar-refractivity contribution in [1.29, 1.82) is 0 Å². The lowest BCUT2D eigenvalue weighted by atomic mass is 9.86. The third-order valence-corrected chi connectivity index (χ3v) is 3.65. The normalized spacial score (nSPS) is 23.7. The van der Waals surface area contributed by atoms with Crippen molar-refractivity contribution in [1.82, 2.24) is 10.3 Å². The molecule has 0 aliphatic heterocycles. The summed E-state index contributed by atoms with van der Waals surface area (Å²) in [5, 5.41) is 12.7. The Balaban J connectivity index is 1.90. The molecule has 0 bridgehead atoms. The van der Waals surface area contributed by atoms with Gasteiger partial charge in [-0.25, -0.2) is 0 Å². The number of pyridine rings is 1. The summed E-state index contributed by atoms with van der Waals surface area (Å²) < 4.78 is 0. The molecular weight excluding hydrogens is 228 g/mol. The second kappa shape index (κ2) is 5.96. The third kappa shape index (κ3) is 3.07. The smallest absolute Gasteiger partial charge is 0.253 e. The van der Waals surface area contributed by atoms with Crippen LogP contribution in [0.4, 0.5) is 0 Å². The van der Waals surface area contributed by atoms with Gasteiger partial charge in [0.05, 0.1) is 11.7 Å². The highest BCUT2D eigenvalue weighted by Gasteiger charge is 2.23. The van der Waals surface area contributed by atoms with Gasteiger partial charge >= 0.3 is 0 Å². The molecule has 0 spiro atoms. The molecule has 1 aromatic rings. The summed E-state index contributed by atoms with van der Waals surface area (Å²) in [5.74, 6) is 0.0954. The molecule has 1 amide bonds. The van der Waals surface area contributed by atoms with E-state index in [1.165, 1.54) is 0 Å². The lowest BCUT2D eigenvalue weighted by molar-refractivity contribution is 0.0662. The Hall–Kier alpha value is -1.42. The lowest BCUT2D eigenvalue weighted by Crippen LogP contribution is -2.36. The Morgan fingerprint density at radius 3 is 3.00 bits per heavy atom. The molecule has 2 unspecified atom stereocenters. The molecule has 18 heavy (non-hydrogen) atoms. The zero-order valence-electron chi connectivity index (χ0n) is 10.7. The van der Waals surface area contributed by atoms with E-state index in [9.17, 15) is 9.90 Å². The fourth-order valence-corrected chi connectivity index (χ4v) is 2.47. The number of rotatable bonds is 3. The van der Waals surface area contributed by atoms with Crippen LogP contribution in [0.2, 0.25) is 0 Å². The van der Waals surface area contributed by atoms with Crippen molar-refractivity contribution >= 4 is 5.91 Å². The van der Waals surface area contributed by atoms with Crippen molar-refractivity contribution in [3.05, 3.63) is 29.6 Å². The molecule has 4 nitrogen and oxygen atoms in total. The molecule has 1 heterocycles. The van der Waals surface area contributed by atoms with Crippen molar-refractivity contribution < 1.29 is 9.90 Å². The van der Waals surface area contributed by atoms with E-state index >= 15 is 0 Å². The first-order valence-electron chi connectivity index (χ1n) is 6.56. The van der Waals surface area contributed by atoms with Crippen LogP contribution in [-0.2, 0) is 0 Å². The molecule has 2 rings (SSSR count). The summed E-state index contributed by atoms with van der Waals surface area (Å²) in [6.07, 6.45) is 5.49. The van der Waals surface area contributed by atoms with E-state index < -0.39 is 0 Å². The molecule has 98 valence electrons. The number of nitrogens with zero attached hydrogens (tertiary/aromatic N) is 1. The van der Waals surface area contributed by atoms with E-state index in [-0.39, 0.29) is 17.9 Å². The quantitative estimate of drug-likeness (QED) is 0.855. The highest BCUT2D eigenvalue weighted by molar-refractivity contribution is 5.95. The van der Waals surface area contributed by atoms with E-state index in [1.54, 1.807) is 18.3 Å². The first-order valence-corrected chi connectivity index (χ1v) is 6.56. The maximum absolute atomic E-state index is 12.0. The van der Waals surface area contributed by atoms with Crippen molar-refractivity contribution in [2.75, 3.05) is 6.54 Å². The van der Waals surface area contributed by atoms with Gasteiger partial charge in [0.15, 0.2) is 0 Å². The summed E-state index contributed by atoms with van der Waals surface area (Å²) in [4.78, 5) is 16.1. The zero-order chi connectivity index (χ0) is 13.0. The minimum Gasteiger partial charge on any atom is -0.393 e. The Bertz CT molecular complexity index is 420. The van der Waals surface area contributed by atoms with Crippen LogP contribution in [0.3, 0.4) is 0 Å². The third-order valence-electron chi connectivity index (χ3n) is 3.65. The number of hydrogen-bond acceptors (Lipinski definition) is 3. The van der Waals surface area contributed by atoms with Gasteiger partial charge in [-0.05, 0) is 31.9 Å². The van der Waals surface area contributed by atoms with Gasteiger partial charge < -0.3 is 10.4 Å². The van der Waals surface area contributed by atoms with Crippen LogP contribution in [-0.4, -0.2) is 28.6 Å². The monoisotopic (exact) mass is 248 g/mol. The Morgan fingerprint density at radius 2 is 2.28 bits per heavy atom. The SMILES string of the molecule is Cc1ncccc1C(=O)NCC1CCCCC1O. The average molecular weight is 248 g/mol. The molecular formula is C14H20N2O2. The molecule has 2 atom stereocenters. The number of carbonyl (C=O) groups excluding carboxylic acids is 1. The second-order valence-electron chi connectivity index (χ2n) is 4.96. The van der Waals surface area contributed by atoms with Crippen LogP contribution in [0.5, 0.6) is 0 Å². The molecule has 1 aromatic heterocycles. The van der Waals surface area contributed by atoms with Crippen LogP contribution in [0.1, 0.15) is 41.7 Å². The number of aromatic nitrogens is 1. The highest BCUT2D eigenvalue weighted by Crippen LogP contribution is 2.23. The summed E-state index contributed by atoms with van der Waals surface area (Å²) in [7, 11) is 0. The summed E-state index contributed by atoms with van der Waals surface area (Å²) in [6, 6.07) is 3.53. The van der Waals surface area contributed by atoms with Gasteiger partial charge in [-0.1, -0.05) is 12.8 Å². The average Bonchev–Trinajstić information content (AvgIpc) is 2.38. The molecule has 1 aliphatic carbocycles. The van der Waals surface area contributed by atoms with Crippen molar-refractivity contribution in [2.24, 2.45) is 5.92 Å². The number of amides is 1.